The summed E-state index contributed by atoms with van der Waals surface area (Å²) in [5.41, 5.74) is 0. The van der Waals surface area contributed by atoms with Gasteiger partial charge in [-0.15, -0.1) is 17.0 Å². The van der Waals surface area contributed by atoms with Crippen LogP contribution in [-0.2, 0) is 4.79 Å². The Morgan fingerprint density at radius 2 is 0.913 bits per heavy atom. The van der Waals surface area contributed by atoms with Gasteiger partial charge in [-0.25, -0.2) is 0 Å². The number of carbonyl (C=O) groups is 1. The number of nitrogens with zero attached hydrogens (tertiary/aromatic N) is 1. The van der Waals surface area contributed by atoms with Gasteiger partial charge in [0.1, 0.15) is 0 Å². The maximum Gasteiger partial charge on any atom is 0.222 e. The lowest BCUT2D eigenvalue weighted by molar-refractivity contribution is -0.128. The summed E-state index contributed by atoms with van der Waals surface area (Å²) in [6.45, 7) is 2.28. The Bertz CT molecular complexity index is 244. The summed E-state index contributed by atoms with van der Waals surface area (Å²) in [5, 5.41) is 0. The lowest BCUT2D eigenvalue weighted by Crippen LogP contribution is -2.20. The van der Waals surface area contributed by atoms with Crippen molar-refractivity contribution in [1.29, 1.82) is 0 Å². The normalized spacial score (nSPS) is 10.4. The van der Waals surface area contributed by atoms with Crippen LogP contribution in [0.25, 0.3) is 0 Å². The highest BCUT2D eigenvalue weighted by Gasteiger charge is 2.02. The van der Waals surface area contributed by atoms with Crippen LogP contribution >= 0.6 is 17.0 Å². The molecule has 0 aromatic rings. The molecule has 0 saturated carbocycles. The molecule has 140 valence electrons. The molecule has 0 heterocycles. The van der Waals surface area contributed by atoms with E-state index in [2.05, 4.69) is 6.92 Å². The molecule has 0 spiro atoms. The van der Waals surface area contributed by atoms with Gasteiger partial charge in [0.15, 0.2) is 0 Å². The van der Waals surface area contributed by atoms with Crippen LogP contribution in [0.1, 0.15) is 110 Å². The van der Waals surface area contributed by atoms with E-state index in [-0.39, 0.29) is 22.9 Å². The molecular weight excluding hydrogens is 350 g/mol. The fourth-order valence-corrected chi connectivity index (χ4v) is 2.87. The monoisotopic (exact) mass is 391 g/mol. The van der Waals surface area contributed by atoms with Crippen molar-refractivity contribution < 1.29 is 4.79 Å². The van der Waals surface area contributed by atoms with E-state index >= 15 is 0 Å². The average molecular weight is 392 g/mol. The van der Waals surface area contributed by atoms with Crippen LogP contribution in [0.4, 0.5) is 0 Å². The fraction of sp³-hybridized carbons (Fsp3) is 0.950. The second-order valence-corrected chi connectivity index (χ2v) is 6.99. The first kappa shape index (κ1) is 25.2. The summed E-state index contributed by atoms with van der Waals surface area (Å²) in [7, 11) is 3.68. The highest BCUT2D eigenvalue weighted by Crippen LogP contribution is 2.13. The van der Waals surface area contributed by atoms with Gasteiger partial charge in [0, 0.05) is 20.5 Å². The standard InChI is InChI=1S/C20H41NO.BrH/c1-4-5-6-7-8-9-10-11-12-13-14-15-16-17-18-19-20(22)21(2)3;/h4-19H2,1-3H3;1H. The van der Waals surface area contributed by atoms with Crippen molar-refractivity contribution in [2.24, 2.45) is 0 Å². The maximum atomic E-state index is 11.4. The Hall–Kier alpha value is -0.0500. The van der Waals surface area contributed by atoms with Gasteiger partial charge in [0.05, 0.1) is 0 Å². The summed E-state index contributed by atoms with van der Waals surface area (Å²) >= 11 is 0. The second-order valence-electron chi connectivity index (χ2n) is 6.99. The van der Waals surface area contributed by atoms with E-state index in [9.17, 15) is 4.79 Å². The zero-order chi connectivity index (χ0) is 16.5. The van der Waals surface area contributed by atoms with Crippen molar-refractivity contribution in [2.75, 3.05) is 14.1 Å². The van der Waals surface area contributed by atoms with Crippen LogP contribution in [0.5, 0.6) is 0 Å². The Labute approximate surface area is 156 Å². The SMILES string of the molecule is Br.CCCCCCCCCCCCCCCCCC(=O)N(C)C. The molecule has 0 rings (SSSR count). The van der Waals surface area contributed by atoms with Crippen LogP contribution in [0.2, 0.25) is 0 Å². The van der Waals surface area contributed by atoms with E-state index < -0.39 is 0 Å². The molecule has 0 aromatic heterocycles. The summed E-state index contributed by atoms with van der Waals surface area (Å²) in [4.78, 5) is 13.1. The number of unbranched alkanes of at least 4 members (excludes halogenated alkanes) is 14. The first-order chi connectivity index (χ1) is 10.7. The van der Waals surface area contributed by atoms with Gasteiger partial charge in [-0.2, -0.15) is 0 Å². The molecule has 0 fully saturated rings. The average Bonchev–Trinajstić information content (AvgIpc) is 2.50. The molecular formula is C20H42BrNO. The van der Waals surface area contributed by atoms with Crippen LogP contribution in [0.15, 0.2) is 0 Å². The number of hydrogen-bond acceptors (Lipinski definition) is 1. The smallest absolute Gasteiger partial charge is 0.222 e. The van der Waals surface area contributed by atoms with Gasteiger partial charge >= 0.3 is 0 Å². The van der Waals surface area contributed by atoms with Crippen LogP contribution < -0.4 is 0 Å². The molecule has 23 heavy (non-hydrogen) atoms. The molecule has 0 atom stereocenters. The van der Waals surface area contributed by atoms with Crippen molar-refractivity contribution in [2.45, 2.75) is 110 Å². The summed E-state index contributed by atoms with van der Waals surface area (Å²) in [6, 6.07) is 0. The van der Waals surface area contributed by atoms with Gasteiger partial charge < -0.3 is 4.90 Å². The van der Waals surface area contributed by atoms with Gasteiger partial charge in [0.2, 0.25) is 5.91 Å². The zero-order valence-corrected chi connectivity index (χ0v) is 17.8. The maximum absolute atomic E-state index is 11.4. The minimum Gasteiger partial charge on any atom is -0.349 e. The Kier molecular flexibility index (Phi) is 21.9. The van der Waals surface area contributed by atoms with E-state index in [1.165, 1.54) is 89.9 Å². The summed E-state index contributed by atoms with van der Waals surface area (Å²) in [5.74, 6) is 0.273. The molecule has 0 saturated heterocycles. The van der Waals surface area contributed by atoms with E-state index in [1.807, 2.05) is 14.1 Å². The molecule has 0 radical (unpaired) electrons. The van der Waals surface area contributed by atoms with E-state index in [0.717, 1.165) is 12.8 Å². The molecule has 3 heteroatoms. The lowest BCUT2D eigenvalue weighted by atomic mass is 10.0. The van der Waals surface area contributed by atoms with Crippen LogP contribution in [0.3, 0.4) is 0 Å². The van der Waals surface area contributed by atoms with Crippen molar-refractivity contribution in [3.05, 3.63) is 0 Å². The quantitative estimate of drug-likeness (QED) is 0.261. The highest BCUT2D eigenvalue weighted by molar-refractivity contribution is 8.93. The van der Waals surface area contributed by atoms with E-state index in [0.29, 0.717) is 0 Å². The third-order valence-electron chi connectivity index (χ3n) is 4.49. The van der Waals surface area contributed by atoms with Crippen molar-refractivity contribution in [3.63, 3.8) is 0 Å². The predicted molar refractivity (Wildman–Crippen MR) is 109 cm³/mol. The van der Waals surface area contributed by atoms with Crippen molar-refractivity contribution in [3.8, 4) is 0 Å². The second kappa shape index (κ2) is 20.0. The molecule has 0 aliphatic carbocycles. The van der Waals surface area contributed by atoms with Gasteiger partial charge in [-0.1, -0.05) is 96.8 Å². The molecule has 0 aliphatic rings. The predicted octanol–water partition coefficient (Wildman–Crippen LogP) is 6.91. The topological polar surface area (TPSA) is 20.3 Å². The number of amides is 1. The molecule has 1 amide bonds. The summed E-state index contributed by atoms with van der Waals surface area (Å²) < 4.78 is 0. The summed E-state index contributed by atoms with van der Waals surface area (Å²) in [6.07, 6.45) is 21.3. The third-order valence-corrected chi connectivity index (χ3v) is 4.49. The van der Waals surface area contributed by atoms with Crippen molar-refractivity contribution >= 4 is 22.9 Å². The first-order valence-electron chi connectivity index (χ1n) is 9.88. The van der Waals surface area contributed by atoms with Crippen molar-refractivity contribution in [1.82, 2.24) is 4.90 Å². The van der Waals surface area contributed by atoms with E-state index in [1.54, 1.807) is 4.90 Å². The highest BCUT2D eigenvalue weighted by atomic mass is 79.9. The fourth-order valence-electron chi connectivity index (χ4n) is 2.87. The minimum absolute atomic E-state index is 0. The van der Waals surface area contributed by atoms with Crippen LogP contribution in [0, 0.1) is 0 Å². The van der Waals surface area contributed by atoms with Crippen LogP contribution in [-0.4, -0.2) is 24.9 Å². The molecule has 0 aliphatic heterocycles. The number of hydrogen-bond donors (Lipinski definition) is 0. The van der Waals surface area contributed by atoms with E-state index in [4.69, 9.17) is 0 Å². The third kappa shape index (κ3) is 19.9. The Morgan fingerprint density at radius 1 is 0.609 bits per heavy atom. The molecule has 0 aromatic carbocycles. The lowest BCUT2D eigenvalue weighted by Gasteiger charge is -2.09. The minimum atomic E-state index is 0. The zero-order valence-electron chi connectivity index (χ0n) is 16.1. The molecule has 2 nitrogen and oxygen atoms in total. The number of halogens is 1. The Balaban J connectivity index is 0. The van der Waals surface area contributed by atoms with Gasteiger partial charge in [0.25, 0.3) is 0 Å². The number of carbonyl (C=O) groups excluding carboxylic acids is 1. The molecule has 0 N–H and O–H groups in total. The van der Waals surface area contributed by atoms with Gasteiger partial charge in [-0.3, -0.25) is 4.79 Å². The van der Waals surface area contributed by atoms with Gasteiger partial charge in [-0.05, 0) is 6.42 Å². The Morgan fingerprint density at radius 3 is 1.22 bits per heavy atom. The number of rotatable bonds is 16. The molecule has 0 bridgehead atoms. The largest absolute Gasteiger partial charge is 0.349 e. The first-order valence-corrected chi connectivity index (χ1v) is 9.88. The molecule has 0 unspecified atom stereocenters.